The van der Waals surface area contributed by atoms with E-state index in [0.29, 0.717) is 0 Å². The van der Waals surface area contributed by atoms with Crippen molar-refractivity contribution >= 4 is 108 Å². The van der Waals surface area contributed by atoms with Crippen LogP contribution in [0.4, 0.5) is 0 Å². The first-order valence-electron chi connectivity index (χ1n) is 20.0. The smallest absolute Gasteiger partial charge is 0.137 e. The van der Waals surface area contributed by atoms with Crippen LogP contribution in [0.3, 0.4) is 0 Å². The zero-order valence-electron chi connectivity index (χ0n) is 31.7. The Labute approximate surface area is 341 Å². The molecule has 0 unspecified atom stereocenters. The minimum atomic E-state index is 0.876. The predicted molar refractivity (Wildman–Crippen MR) is 250 cm³/mol. The molecule has 0 fully saturated rings. The molecule has 0 aliphatic rings. The van der Waals surface area contributed by atoms with E-state index in [1.807, 2.05) is 23.5 Å². The second-order valence-corrected chi connectivity index (χ2v) is 16.5. The second-order valence-electron chi connectivity index (χ2n) is 15.4. The van der Waals surface area contributed by atoms with E-state index in [9.17, 15) is 0 Å². The van der Waals surface area contributed by atoms with E-state index in [0.717, 1.165) is 71.8 Å². The van der Waals surface area contributed by atoms with Crippen molar-refractivity contribution in [3.63, 3.8) is 0 Å². The van der Waals surface area contributed by atoms with Crippen molar-refractivity contribution < 1.29 is 4.42 Å². The van der Waals surface area contributed by atoms with Crippen LogP contribution in [0.2, 0.25) is 0 Å². The van der Waals surface area contributed by atoms with Gasteiger partial charge in [0.15, 0.2) is 0 Å². The van der Waals surface area contributed by atoms with Crippen LogP contribution in [0, 0.1) is 0 Å². The van der Waals surface area contributed by atoms with E-state index in [1.54, 1.807) is 0 Å². The summed E-state index contributed by atoms with van der Waals surface area (Å²) in [6, 6.07) is 73.0. The lowest BCUT2D eigenvalue weighted by molar-refractivity contribution is 0.668. The lowest BCUT2D eigenvalue weighted by Gasteiger charge is -2.14. The molecular weight excluding hydrogens is 739 g/mol. The molecule has 13 aromatic rings. The number of hydrogen-bond acceptors (Lipinski definition) is 2. The number of aromatic nitrogens is 3. The molecule has 0 N–H and O–H groups in total. The van der Waals surface area contributed by atoms with Crippen LogP contribution < -0.4 is 0 Å². The summed E-state index contributed by atoms with van der Waals surface area (Å²) < 4.78 is 16.1. The highest BCUT2D eigenvalue weighted by molar-refractivity contribution is 7.25. The molecule has 9 aromatic carbocycles. The number of furan rings is 1. The highest BCUT2D eigenvalue weighted by atomic mass is 32.1. The molecule has 59 heavy (non-hydrogen) atoms. The SMILES string of the molecule is c1ccc(-n2c3ccccc3c3ccc(-n4c5cccc(c5)c5cccc(c5)n(-c5ccc6c(c5)oc5ccccc56)c5ccc6sc7ccc4cc7c6c5)cc32)cc1. The molecule has 0 spiro atoms. The van der Waals surface area contributed by atoms with Crippen molar-refractivity contribution in [2.75, 3.05) is 0 Å². The minimum absolute atomic E-state index is 0.876. The molecule has 0 amide bonds. The summed E-state index contributed by atoms with van der Waals surface area (Å²) in [7, 11) is 0. The first-order chi connectivity index (χ1) is 29.2. The fourth-order valence-electron chi connectivity index (χ4n) is 9.38. The maximum Gasteiger partial charge on any atom is 0.137 e. The maximum atomic E-state index is 6.43. The maximum absolute atomic E-state index is 6.43. The van der Waals surface area contributed by atoms with Crippen molar-refractivity contribution in [2.45, 2.75) is 0 Å². The van der Waals surface area contributed by atoms with Crippen molar-refractivity contribution in [1.82, 2.24) is 13.7 Å². The van der Waals surface area contributed by atoms with Crippen LogP contribution >= 0.6 is 11.3 Å². The van der Waals surface area contributed by atoms with Crippen LogP contribution in [-0.2, 0) is 0 Å². The Balaban J connectivity index is 1.14. The molecule has 0 radical (unpaired) electrons. The summed E-state index contributed by atoms with van der Waals surface area (Å²) in [4.78, 5) is 0. The second kappa shape index (κ2) is 12.4. The molecule has 0 aliphatic carbocycles. The first-order valence-corrected chi connectivity index (χ1v) is 20.8. The Hall–Kier alpha value is -7.60. The van der Waals surface area contributed by atoms with Gasteiger partial charge in [-0.25, -0.2) is 0 Å². The van der Waals surface area contributed by atoms with Crippen LogP contribution in [0.25, 0.3) is 114 Å². The Kier molecular flexibility index (Phi) is 6.85. The third kappa shape index (κ3) is 4.95. The zero-order chi connectivity index (χ0) is 38.6. The molecule has 5 heteroatoms. The highest BCUT2D eigenvalue weighted by Gasteiger charge is 2.16. The van der Waals surface area contributed by atoms with Crippen LogP contribution in [0.15, 0.2) is 205 Å². The van der Waals surface area contributed by atoms with Gasteiger partial charge in [-0.3, -0.25) is 0 Å². The van der Waals surface area contributed by atoms with E-state index in [-0.39, 0.29) is 0 Å². The Morgan fingerprint density at radius 1 is 0.305 bits per heavy atom. The zero-order valence-corrected chi connectivity index (χ0v) is 32.5. The molecule has 0 saturated carbocycles. The number of rotatable bonds is 3. The topological polar surface area (TPSA) is 27.9 Å². The number of fused-ring (bicyclic) bond motifs is 13. The summed E-state index contributed by atoms with van der Waals surface area (Å²) >= 11 is 1.85. The van der Waals surface area contributed by atoms with E-state index in [2.05, 4.69) is 202 Å². The summed E-state index contributed by atoms with van der Waals surface area (Å²) in [5, 5.41) is 9.49. The lowest BCUT2D eigenvalue weighted by Crippen LogP contribution is -1.99. The molecule has 0 saturated heterocycles. The van der Waals surface area contributed by atoms with E-state index in [1.165, 1.54) is 42.0 Å². The third-order valence-electron chi connectivity index (χ3n) is 12.0. The average Bonchev–Trinajstić information content (AvgIpc) is 3.96. The van der Waals surface area contributed by atoms with Gasteiger partial charge in [0, 0.05) is 86.9 Å². The average molecular weight is 772 g/mol. The normalized spacial score (nSPS) is 12.1. The monoisotopic (exact) mass is 771 g/mol. The van der Waals surface area contributed by atoms with Crippen molar-refractivity contribution in [3.8, 4) is 17.1 Å². The largest absolute Gasteiger partial charge is 0.456 e. The van der Waals surface area contributed by atoms with Gasteiger partial charge in [-0.2, -0.15) is 0 Å². The lowest BCUT2D eigenvalue weighted by atomic mass is 10.1. The summed E-state index contributed by atoms with van der Waals surface area (Å²) in [6.45, 7) is 0. The van der Waals surface area contributed by atoms with Gasteiger partial charge in [0.1, 0.15) is 11.2 Å². The molecule has 4 aromatic heterocycles. The molecule has 4 nitrogen and oxygen atoms in total. The fraction of sp³-hybridized carbons (Fsp3) is 0. The minimum Gasteiger partial charge on any atom is -0.456 e. The van der Waals surface area contributed by atoms with Crippen molar-refractivity contribution in [2.24, 2.45) is 0 Å². The molecule has 13 rings (SSSR count). The Morgan fingerprint density at radius 3 is 1.58 bits per heavy atom. The summed E-state index contributed by atoms with van der Waals surface area (Å²) in [5.74, 6) is 0. The van der Waals surface area contributed by atoms with Crippen LogP contribution in [0.1, 0.15) is 0 Å². The van der Waals surface area contributed by atoms with Crippen LogP contribution in [-0.4, -0.2) is 13.7 Å². The molecule has 276 valence electrons. The van der Waals surface area contributed by atoms with Gasteiger partial charge in [0.2, 0.25) is 0 Å². The van der Waals surface area contributed by atoms with Gasteiger partial charge in [-0.05, 0) is 120 Å². The molecular formula is C54H33N3OS. The quantitative estimate of drug-likeness (QED) is 0.176. The Bertz CT molecular complexity index is 3910. The number of hydrogen-bond donors (Lipinski definition) is 0. The van der Waals surface area contributed by atoms with E-state index < -0.39 is 0 Å². The number of para-hydroxylation sites is 3. The third-order valence-corrected chi connectivity index (χ3v) is 13.2. The number of nitrogens with zero attached hydrogens (tertiary/aromatic N) is 3. The fourth-order valence-corrected chi connectivity index (χ4v) is 10.4. The summed E-state index contributed by atoms with van der Waals surface area (Å²) in [6.07, 6.45) is 0. The van der Waals surface area contributed by atoms with E-state index >= 15 is 0 Å². The van der Waals surface area contributed by atoms with Gasteiger partial charge < -0.3 is 18.1 Å². The Morgan fingerprint density at radius 2 is 0.864 bits per heavy atom. The molecule has 4 heterocycles. The molecule has 8 bridgehead atoms. The molecule has 0 aliphatic heterocycles. The highest BCUT2D eigenvalue weighted by Crippen LogP contribution is 2.39. The predicted octanol–water partition coefficient (Wildman–Crippen LogP) is 15.2. The van der Waals surface area contributed by atoms with Gasteiger partial charge >= 0.3 is 0 Å². The number of thiophene rings is 1. The van der Waals surface area contributed by atoms with Gasteiger partial charge in [0.05, 0.1) is 11.0 Å². The standard InChI is InChI=1S/C54H33N3OS/c1-2-12-36(13-3-1)57-49-18-6-4-16-43(49)44-24-20-41(32-50(44)57)55-37-14-8-10-34(28-37)35-11-9-15-38(29-35)56(42-21-25-46-45-17-5-7-19-51(45)58-52(46)33-42)40-23-27-54-48(31-40)47-30-39(55)22-26-53(47)59-54/h1-33H. The molecule has 0 atom stereocenters. The van der Waals surface area contributed by atoms with Crippen molar-refractivity contribution in [3.05, 3.63) is 200 Å². The van der Waals surface area contributed by atoms with Gasteiger partial charge in [-0.1, -0.05) is 84.9 Å². The van der Waals surface area contributed by atoms with Crippen molar-refractivity contribution in [1.29, 1.82) is 0 Å². The van der Waals surface area contributed by atoms with Gasteiger partial charge in [-0.15, -0.1) is 11.3 Å². The first kappa shape index (κ1) is 32.5. The summed E-state index contributed by atoms with van der Waals surface area (Å²) in [5.41, 5.74) is 11.8. The van der Waals surface area contributed by atoms with Crippen LogP contribution in [0.5, 0.6) is 0 Å². The number of benzene rings is 9. The van der Waals surface area contributed by atoms with Gasteiger partial charge in [0.25, 0.3) is 0 Å². The van der Waals surface area contributed by atoms with E-state index in [4.69, 9.17) is 4.42 Å².